The van der Waals surface area contributed by atoms with E-state index in [4.69, 9.17) is 4.74 Å². The van der Waals surface area contributed by atoms with Gasteiger partial charge in [-0.3, -0.25) is 9.59 Å². The SMILES string of the molecule is CCOC(=O)C1=C(C)N(CC(=O)NCCCN2CCCCC2C)C(=O)CC1c1ccccc1. The van der Waals surface area contributed by atoms with Gasteiger partial charge in [-0.25, -0.2) is 4.79 Å². The Labute approximate surface area is 197 Å². The number of hydrogen-bond donors (Lipinski definition) is 1. The molecular weight excluding hydrogens is 418 g/mol. The number of nitrogens with one attached hydrogen (secondary N) is 1. The maximum absolute atomic E-state index is 13.0. The molecular formula is C26H37N3O4. The first-order chi connectivity index (χ1) is 15.9. The van der Waals surface area contributed by atoms with Gasteiger partial charge in [0.25, 0.3) is 0 Å². The molecule has 7 heteroatoms. The number of allylic oxidation sites excluding steroid dienone is 1. The maximum Gasteiger partial charge on any atom is 0.336 e. The van der Waals surface area contributed by atoms with Crippen LogP contribution in [0.5, 0.6) is 0 Å². The predicted molar refractivity (Wildman–Crippen MR) is 127 cm³/mol. The lowest BCUT2D eigenvalue weighted by atomic mass is 9.83. The van der Waals surface area contributed by atoms with Gasteiger partial charge in [0.15, 0.2) is 0 Å². The molecule has 7 nitrogen and oxygen atoms in total. The number of esters is 1. The zero-order chi connectivity index (χ0) is 23.8. The molecule has 1 aromatic rings. The normalized spacial score (nSPS) is 21.8. The number of amides is 2. The third-order valence-electron chi connectivity index (χ3n) is 6.71. The molecule has 2 amide bonds. The molecule has 1 saturated heterocycles. The number of hydrogen-bond acceptors (Lipinski definition) is 5. The van der Waals surface area contributed by atoms with Crippen molar-refractivity contribution in [3.8, 4) is 0 Å². The second-order valence-corrected chi connectivity index (χ2v) is 8.95. The first-order valence-corrected chi connectivity index (χ1v) is 12.2. The van der Waals surface area contributed by atoms with Gasteiger partial charge in [0.1, 0.15) is 6.54 Å². The minimum absolute atomic E-state index is 0.0881. The van der Waals surface area contributed by atoms with E-state index in [1.165, 1.54) is 24.2 Å². The molecule has 1 N–H and O–H groups in total. The summed E-state index contributed by atoms with van der Waals surface area (Å²) < 4.78 is 5.30. The lowest BCUT2D eigenvalue weighted by Crippen LogP contribution is -2.44. The van der Waals surface area contributed by atoms with Crippen LogP contribution in [0.1, 0.15) is 64.4 Å². The summed E-state index contributed by atoms with van der Waals surface area (Å²) in [6.45, 7) is 8.58. The first-order valence-electron chi connectivity index (χ1n) is 12.2. The molecule has 2 heterocycles. The van der Waals surface area contributed by atoms with Crippen molar-refractivity contribution in [1.29, 1.82) is 0 Å². The molecule has 1 fully saturated rings. The number of piperidine rings is 1. The Morgan fingerprint density at radius 2 is 1.94 bits per heavy atom. The van der Waals surface area contributed by atoms with E-state index in [0.29, 0.717) is 23.9 Å². The molecule has 0 aromatic heterocycles. The lowest BCUT2D eigenvalue weighted by molar-refractivity contribution is -0.141. The van der Waals surface area contributed by atoms with Crippen LogP contribution in [0.3, 0.4) is 0 Å². The highest BCUT2D eigenvalue weighted by molar-refractivity contribution is 5.97. The number of benzene rings is 1. The third kappa shape index (κ3) is 6.44. The second-order valence-electron chi connectivity index (χ2n) is 8.95. The zero-order valence-corrected chi connectivity index (χ0v) is 20.1. The van der Waals surface area contributed by atoms with Crippen LogP contribution < -0.4 is 5.32 Å². The van der Waals surface area contributed by atoms with Gasteiger partial charge in [0, 0.05) is 37.2 Å². The van der Waals surface area contributed by atoms with Gasteiger partial charge in [-0.1, -0.05) is 36.8 Å². The molecule has 3 rings (SSSR count). The molecule has 2 atom stereocenters. The van der Waals surface area contributed by atoms with Crippen molar-refractivity contribution in [3.05, 3.63) is 47.2 Å². The molecule has 33 heavy (non-hydrogen) atoms. The maximum atomic E-state index is 13.0. The minimum Gasteiger partial charge on any atom is -0.463 e. The van der Waals surface area contributed by atoms with E-state index < -0.39 is 5.97 Å². The Morgan fingerprint density at radius 3 is 2.64 bits per heavy atom. The molecule has 1 aromatic carbocycles. The summed E-state index contributed by atoms with van der Waals surface area (Å²) in [6, 6.07) is 10.1. The van der Waals surface area contributed by atoms with E-state index in [1.807, 2.05) is 30.3 Å². The van der Waals surface area contributed by atoms with E-state index in [2.05, 4.69) is 17.1 Å². The highest BCUT2D eigenvalue weighted by Gasteiger charge is 2.37. The molecule has 2 unspecified atom stereocenters. The molecule has 0 spiro atoms. The zero-order valence-electron chi connectivity index (χ0n) is 20.1. The van der Waals surface area contributed by atoms with Gasteiger partial charge >= 0.3 is 5.97 Å². The van der Waals surface area contributed by atoms with E-state index >= 15 is 0 Å². The number of carbonyl (C=O) groups excluding carboxylic acids is 3. The van der Waals surface area contributed by atoms with Gasteiger partial charge in [0.2, 0.25) is 11.8 Å². The molecule has 2 aliphatic heterocycles. The van der Waals surface area contributed by atoms with Crippen molar-refractivity contribution < 1.29 is 19.1 Å². The van der Waals surface area contributed by atoms with Gasteiger partial charge in [-0.05, 0) is 52.1 Å². The topological polar surface area (TPSA) is 79.0 Å². The molecule has 0 saturated carbocycles. The number of likely N-dealkylation sites (tertiary alicyclic amines) is 1. The highest BCUT2D eigenvalue weighted by atomic mass is 16.5. The summed E-state index contributed by atoms with van der Waals surface area (Å²) in [7, 11) is 0. The van der Waals surface area contributed by atoms with Crippen molar-refractivity contribution in [3.63, 3.8) is 0 Å². The standard InChI is InChI=1S/C26H37N3O4/c1-4-33-26(32)25-20(3)29(24(31)17-22(25)21-12-6-5-7-13-21)18-23(30)27-14-10-16-28-15-9-8-11-19(28)2/h5-7,12-13,19,22H,4,8-11,14-18H2,1-3H3,(H,27,30). The van der Waals surface area contributed by atoms with Crippen molar-refractivity contribution in [2.75, 3.05) is 32.8 Å². The van der Waals surface area contributed by atoms with Crippen LogP contribution in [0.2, 0.25) is 0 Å². The van der Waals surface area contributed by atoms with Crippen molar-refractivity contribution in [1.82, 2.24) is 15.1 Å². The van der Waals surface area contributed by atoms with Crippen molar-refractivity contribution in [2.45, 2.75) is 64.8 Å². The van der Waals surface area contributed by atoms with Gasteiger partial charge in [-0.15, -0.1) is 0 Å². The summed E-state index contributed by atoms with van der Waals surface area (Å²) in [5, 5.41) is 2.94. The predicted octanol–water partition coefficient (Wildman–Crippen LogP) is 3.22. The van der Waals surface area contributed by atoms with Crippen LogP contribution in [0.4, 0.5) is 0 Å². The summed E-state index contributed by atoms with van der Waals surface area (Å²) in [5.74, 6) is -1.18. The monoisotopic (exact) mass is 455 g/mol. The number of rotatable bonds is 9. The van der Waals surface area contributed by atoms with Crippen molar-refractivity contribution in [2.24, 2.45) is 0 Å². The Bertz CT molecular complexity index is 868. The van der Waals surface area contributed by atoms with Gasteiger partial charge in [-0.2, -0.15) is 0 Å². The molecule has 0 aliphatic carbocycles. The fourth-order valence-corrected chi connectivity index (χ4v) is 4.85. The molecule has 0 radical (unpaired) electrons. The van der Waals surface area contributed by atoms with Gasteiger partial charge in [0.05, 0.1) is 12.2 Å². The Hall–Kier alpha value is -2.67. The smallest absolute Gasteiger partial charge is 0.336 e. The van der Waals surface area contributed by atoms with Crippen molar-refractivity contribution >= 4 is 17.8 Å². The number of carbonyl (C=O) groups is 3. The van der Waals surface area contributed by atoms with E-state index in [9.17, 15) is 14.4 Å². The molecule has 180 valence electrons. The van der Waals surface area contributed by atoms with E-state index in [0.717, 1.165) is 25.1 Å². The number of nitrogens with zero attached hydrogens (tertiary/aromatic N) is 2. The molecule has 0 bridgehead atoms. The summed E-state index contributed by atoms with van der Waals surface area (Å²) >= 11 is 0. The lowest BCUT2D eigenvalue weighted by Gasteiger charge is -2.34. The first kappa shape index (κ1) is 25.0. The van der Waals surface area contributed by atoms with E-state index in [1.54, 1.807) is 13.8 Å². The summed E-state index contributed by atoms with van der Waals surface area (Å²) in [6.07, 6.45) is 4.79. The average Bonchev–Trinajstić information content (AvgIpc) is 2.81. The Balaban J connectivity index is 1.63. The van der Waals surface area contributed by atoms with Crippen LogP contribution in [0.15, 0.2) is 41.6 Å². The van der Waals surface area contributed by atoms with Gasteiger partial charge < -0.3 is 19.9 Å². The average molecular weight is 456 g/mol. The fraction of sp³-hybridized carbons (Fsp3) is 0.577. The van der Waals surface area contributed by atoms with Crippen LogP contribution in [-0.2, 0) is 19.1 Å². The van der Waals surface area contributed by atoms with E-state index in [-0.39, 0.29) is 37.3 Å². The van der Waals surface area contributed by atoms with Crippen LogP contribution in [0, 0.1) is 0 Å². The fourth-order valence-electron chi connectivity index (χ4n) is 4.85. The summed E-state index contributed by atoms with van der Waals surface area (Å²) in [4.78, 5) is 42.3. The Kier molecular flexibility index (Phi) is 9.06. The second kappa shape index (κ2) is 12.0. The summed E-state index contributed by atoms with van der Waals surface area (Å²) in [5.41, 5.74) is 1.84. The third-order valence-corrected chi connectivity index (χ3v) is 6.71. The minimum atomic E-state index is -0.433. The molecule has 2 aliphatic rings. The number of ether oxygens (including phenoxy) is 1. The Morgan fingerprint density at radius 1 is 1.18 bits per heavy atom. The largest absolute Gasteiger partial charge is 0.463 e. The highest BCUT2D eigenvalue weighted by Crippen LogP contribution is 2.36. The van der Waals surface area contributed by atoms with Crippen LogP contribution in [0.25, 0.3) is 0 Å². The van der Waals surface area contributed by atoms with Crippen LogP contribution >= 0.6 is 0 Å². The quantitative estimate of drug-likeness (QED) is 0.457. The van der Waals surface area contributed by atoms with Crippen LogP contribution in [-0.4, -0.2) is 66.4 Å².